The standard InChI is InChI=1S/C10H18O8S/c1-7(8(11)12)6-10(2,3)9(13)17-4-5-18-19(14,15)16/h7H,4-6H2,1-3H3,(H,11,12)(H,14,15,16)/p-1. The number of aliphatic carboxylic acids is 1. The zero-order valence-corrected chi connectivity index (χ0v) is 11.7. The average molecular weight is 297 g/mol. The molecule has 112 valence electrons. The molecule has 0 saturated heterocycles. The maximum atomic E-state index is 11.6. The van der Waals surface area contributed by atoms with E-state index in [9.17, 15) is 22.6 Å². The number of esters is 1. The molecular formula is C10H17O8S-. The van der Waals surface area contributed by atoms with Gasteiger partial charge in [-0.15, -0.1) is 0 Å². The predicted molar refractivity (Wildman–Crippen MR) is 61.8 cm³/mol. The maximum Gasteiger partial charge on any atom is 0.311 e. The van der Waals surface area contributed by atoms with Crippen LogP contribution < -0.4 is 0 Å². The second-order valence-corrected chi connectivity index (χ2v) is 5.75. The minimum atomic E-state index is -4.81. The number of carbonyl (C=O) groups is 2. The molecule has 0 rings (SSSR count). The quantitative estimate of drug-likeness (QED) is 0.290. The van der Waals surface area contributed by atoms with Gasteiger partial charge in [-0.3, -0.25) is 13.8 Å². The lowest BCUT2D eigenvalue weighted by Crippen LogP contribution is -2.31. The van der Waals surface area contributed by atoms with Crippen molar-refractivity contribution in [1.82, 2.24) is 0 Å². The Hall–Kier alpha value is -1.19. The molecule has 19 heavy (non-hydrogen) atoms. The van der Waals surface area contributed by atoms with E-state index in [0.29, 0.717) is 0 Å². The van der Waals surface area contributed by atoms with Crippen molar-refractivity contribution in [2.75, 3.05) is 13.2 Å². The van der Waals surface area contributed by atoms with Gasteiger partial charge < -0.3 is 14.4 Å². The molecule has 0 amide bonds. The summed E-state index contributed by atoms with van der Waals surface area (Å²) in [4.78, 5) is 22.3. The molecule has 0 aliphatic heterocycles. The Morgan fingerprint density at radius 2 is 1.84 bits per heavy atom. The topological polar surface area (TPSA) is 130 Å². The molecule has 0 aromatic rings. The fourth-order valence-corrected chi connectivity index (χ4v) is 1.67. The van der Waals surface area contributed by atoms with E-state index in [0.717, 1.165) is 0 Å². The first-order valence-electron chi connectivity index (χ1n) is 5.46. The summed E-state index contributed by atoms with van der Waals surface area (Å²) in [6, 6.07) is 0. The molecule has 8 nitrogen and oxygen atoms in total. The Kier molecular flexibility index (Phi) is 6.40. The van der Waals surface area contributed by atoms with Gasteiger partial charge in [0.25, 0.3) is 0 Å². The van der Waals surface area contributed by atoms with Gasteiger partial charge in [0.15, 0.2) is 0 Å². The summed E-state index contributed by atoms with van der Waals surface area (Å²) in [7, 11) is -4.81. The van der Waals surface area contributed by atoms with Gasteiger partial charge in [0.1, 0.15) is 6.61 Å². The number of hydrogen-bond acceptors (Lipinski definition) is 7. The van der Waals surface area contributed by atoms with Crippen LogP contribution in [0.25, 0.3) is 0 Å². The first-order chi connectivity index (χ1) is 8.46. The van der Waals surface area contributed by atoms with E-state index < -0.39 is 46.9 Å². The zero-order chi connectivity index (χ0) is 15.3. The highest BCUT2D eigenvalue weighted by atomic mass is 32.3. The van der Waals surface area contributed by atoms with Crippen LogP contribution >= 0.6 is 0 Å². The Balaban J connectivity index is 4.22. The summed E-state index contributed by atoms with van der Waals surface area (Å²) >= 11 is 0. The maximum absolute atomic E-state index is 11.6. The Bertz CT molecular complexity index is 425. The first-order valence-corrected chi connectivity index (χ1v) is 6.79. The SMILES string of the molecule is CC(CC(C)(C)C(=O)OCCOS(=O)(=O)[O-])C(=O)O. The molecule has 0 aromatic heterocycles. The van der Waals surface area contributed by atoms with Crippen molar-refractivity contribution in [2.45, 2.75) is 27.2 Å². The van der Waals surface area contributed by atoms with Gasteiger partial charge in [0, 0.05) is 0 Å². The molecule has 0 heterocycles. The first kappa shape index (κ1) is 17.8. The number of carboxylic acids is 1. The van der Waals surface area contributed by atoms with Crippen LogP contribution in [0.4, 0.5) is 0 Å². The summed E-state index contributed by atoms with van der Waals surface area (Å²) in [5, 5.41) is 8.76. The number of hydrogen-bond donors (Lipinski definition) is 1. The van der Waals surface area contributed by atoms with Crippen LogP contribution in [0.5, 0.6) is 0 Å². The minimum Gasteiger partial charge on any atom is -0.726 e. The molecule has 0 bridgehead atoms. The van der Waals surface area contributed by atoms with E-state index in [1.807, 2.05) is 0 Å². The summed E-state index contributed by atoms with van der Waals surface area (Å²) in [6.45, 7) is 3.53. The lowest BCUT2D eigenvalue weighted by molar-refractivity contribution is -0.157. The average Bonchev–Trinajstić information content (AvgIpc) is 2.21. The van der Waals surface area contributed by atoms with Gasteiger partial charge in [-0.25, -0.2) is 8.42 Å². The van der Waals surface area contributed by atoms with Gasteiger partial charge >= 0.3 is 11.9 Å². The molecule has 1 N–H and O–H groups in total. The Morgan fingerprint density at radius 1 is 1.32 bits per heavy atom. The predicted octanol–water partition coefficient (Wildman–Crippen LogP) is 0.143. The van der Waals surface area contributed by atoms with E-state index in [-0.39, 0.29) is 6.42 Å². The normalized spacial score (nSPS) is 13.9. The summed E-state index contributed by atoms with van der Waals surface area (Å²) in [5.74, 6) is -2.44. The smallest absolute Gasteiger partial charge is 0.311 e. The lowest BCUT2D eigenvalue weighted by atomic mass is 9.83. The van der Waals surface area contributed by atoms with Crippen molar-refractivity contribution in [3.8, 4) is 0 Å². The molecule has 0 aliphatic carbocycles. The number of rotatable bonds is 8. The fraction of sp³-hybridized carbons (Fsp3) is 0.800. The number of ether oxygens (including phenoxy) is 1. The molecule has 1 atom stereocenters. The summed E-state index contributed by atoms with van der Waals surface area (Å²) < 4.78 is 38.9. The highest BCUT2D eigenvalue weighted by Gasteiger charge is 2.33. The van der Waals surface area contributed by atoms with Crippen molar-refractivity contribution in [3.05, 3.63) is 0 Å². The van der Waals surface area contributed by atoms with Gasteiger partial charge in [-0.1, -0.05) is 6.92 Å². The van der Waals surface area contributed by atoms with E-state index in [1.165, 1.54) is 20.8 Å². The van der Waals surface area contributed by atoms with Crippen molar-refractivity contribution >= 4 is 22.3 Å². The van der Waals surface area contributed by atoms with Crippen LogP contribution in [0.3, 0.4) is 0 Å². The van der Waals surface area contributed by atoms with Crippen molar-refractivity contribution < 1.29 is 36.6 Å². The van der Waals surface area contributed by atoms with Crippen molar-refractivity contribution in [3.63, 3.8) is 0 Å². The molecule has 0 spiro atoms. The third-order valence-corrected chi connectivity index (χ3v) is 2.79. The van der Waals surface area contributed by atoms with Crippen LogP contribution in [0.1, 0.15) is 27.2 Å². The highest BCUT2D eigenvalue weighted by molar-refractivity contribution is 7.80. The zero-order valence-electron chi connectivity index (χ0n) is 10.9. The molecule has 9 heteroatoms. The molecule has 1 unspecified atom stereocenters. The third kappa shape index (κ3) is 7.75. The molecule has 0 aliphatic rings. The van der Waals surface area contributed by atoms with E-state index >= 15 is 0 Å². The Morgan fingerprint density at radius 3 is 2.26 bits per heavy atom. The monoisotopic (exact) mass is 297 g/mol. The Labute approximate surface area is 111 Å². The van der Waals surface area contributed by atoms with Crippen LogP contribution in [-0.4, -0.2) is 43.2 Å². The number of carbonyl (C=O) groups excluding carboxylic acids is 1. The van der Waals surface area contributed by atoms with E-state index in [1.54, 1.807) is 0 Å². The third-order valence-electron chi connectivity index (χ3n) is 2.33. The van der Waals surface area contributed by atoms with Crippen molar-refractivity contribution in [2.24, 2.45) is 11.3 Å². The molecule has 0 radical (unpaired) electrons. The molecule has 0 aromatic carbocycles. The number of carboxylic acid groups (broad SMARTS) is 1. The molecule has 0 saturated carbocycles. The van der Waals surface area contributed by atoms with Gasteiger partial charge in [-0.2, -0.15) is 0 Å². The molecular weight excluding hydrogens is 280 g/mol. The van der Waals surface area contributed by atoms with Crippen LogP contribution in [0.2, 0.25) is 0 Å². The highest BCUT2D eigenvalue weighted by Crippen LogP contribution is 2.27. The van der Waals surface area contributed by atoms with Crippen LogP contribution in [-0.2, 0) is 28.9 Å². The van der Waals surface area contributed by atoms with Gasteiger partial charge in [0.2, 0.25) is 10.4 Å². The van der Waals surface area contributed by atoms with Crippen molar-refractivity contribution in [1.29, 1.82) is 0 Å². The second kappa shape index (κ2) is 6.83. The summed E-state index contributed by atoms with van der Waals surface area (Å²) in [5.41, 5.74) is -1.03. The second-order valence-electron chi connectivity index (χ2n) is 4.69. The fourth-order valence-electron chi connectivity index (χ4n) is 1.40. The van der Waals surface area contributed by atoms with Gasteiger partial charge in [0.05, 0.1) is 17.9 Å². The largest absolute Gasteiger partial charge is 0.726 e. The van der Waals surface area contributed by atoms with E-state index in [2.05, 4.69) is 4.18 Å². The minimum absolute atomic E-state index is 0.0713. The van der Waals surface area contributed by atoms with Crippen LogP contribution in [0.15, 0.2) is 0 Å². The van der Waals surface area contributed by atoms with Gasteiger partial charge in [-0.05, 0) is 20.3 Å². The summed E-state index contributed by atoms with van der Waals surface area (Å²) in [6.07, 6.45) is 0.0713. The molecule has 0 fully saturated rings. The lowest BCUT2D eigenvalue weighted by Gasteiger charge is -2.24. The van der Waals surface area contributed by atoms with Crippen LogP contribution in [0, 0.1) is 11.3 Å². The van der Waals surface area contributed by atoms with E-state index in [4.69, 9.17) is 9.84 Å².